The van der Waals surface area contributed by atoms with Gasteiger partial charge < -0.3 is 0 Å². The van der Waals surface area contributed by atoms with E-state index in [0.717, 1.165) is 35.1 Å². The van der Waals surface area contributed by atoms with Crippen molar-refractivity contribution in [1.82, 2.24) is 38.9 Å². The average molecular weight is 547 g/mol. The van der Waals surface area contributed by atoms with Gasteiger partial charge in [-0.1, -0.05) is 12.1 Å². The van der Waals surface area contributed by atoms with Crippen LogP contribution in [-0.2, 0) is 0 Å². The molecule has 0 saturated carbocycles. The van der Waals surface area contributed by atoms with Gasteiger partial charge in [-0.05, 0) is 55.8 Å². The molecule has 0 radical (unpaired) electrons. The molecule has 0 spiro atoms. The van der Waals surface area contributed by atoms with Gasteiger partial charge in [0.2, 0.25) is 0 Å². The molecular formula is C28H22F4N8. The molecule has 40 heavy (non-hydrogen) atoms. The summed E-state index contributed by atoms with van der Waals surface area (Å²) >= 11 is 0. The Labute approximate surface area is 225 Å². The number of benzene rings is 1. The number of alkyl halides is 2. The van der Waals surface area contributed by atoms with Crippen molar-refractivity contribution < 1.29 is 17.6 Å². The van der Waals surface area contributed by atoms with E-state index in [0.29, 0.717) is 22.9 Å². The standard InChI is InChI=1S/C28H22F4N8/c1-16-4-5-17(2)40(16)27-36-24-12-21(22(30)15-38(24)37-27)26-33-11-10-23(35-26)19-13-34-39(14-19)25(28(3,31)32)18-6-8-20(29)9-7-18/h4-15,25H,1-3H3/t25-/m1/s1. The molecule has 6 aromatic rings. The fraction of sp³-hybridized carbons (Fsp3) is 0.179. The number of halogens is 4. The van der Waals surface area contributed by atoms with Crippen LogP contribution in [0.1, 0.15) is 29.9 Å². The highest BCUT2D eigenvalue weighted by atomic mass is 19.3. The number of pyridine rings is 1. The second-order valence-electron chi connectivity index (χ2n) is 9.59. The van der Waals surface area contributed by atoms with Gasteiger partial charge in [0.05, 0.1) is 23.7 Å². The van der Waals surface area contributed by atoms with Crippen molar-refractivity contribution in [1.29, 1.82) is 0 Å². The first-order valence-electron chi connectivity index (χ1n) is 12.3. The first-order chi connectivity index (χ1) is 19.1. The van der Waals surface area contributed by atoms with Crippen molar-refractivity contribution >= 4 is 5.65 Å². The van der Waals surface area contributed by atoms with Crippen LogP contribution in [0.3, 0.4) is 0 Å². The monoisotopic (exact) mass is 546 g/mol. The number of rotatable bonds is 6. The highest BCUT2D eigenvalue weighted by Gasteiger charge is 2.37. The second-order valence-corrected chi connectivity index (χ2v) is 9.59. The number of aryl methyl sites for hydroxylation is 2. The van der Waals surface area contributed by atoms with Gasteiger partial charge in [-0.25, -0.2) is 32.0 Å². The van der Waals surface area contributed by atoms with E-state index in [2.05, 4.69) is 25.1 Å². The predicted molar refractivity (Wildman–Crippen MR) is 139 cm³/mol. The van der Waals surface area contributed by atoms with Crippen LogP contribution in [0.25, 0.3) is 34.2 Å². The molecule has 1 atom stereocenters. The molecule has 6 rings (SSSR count). The summed E-state index contributed by atoms with van der Waals surface area (Å²) in [7, 11) is 0. The minimum Gasteiger partial charge on any atom is -0.286 e. The Balaban J connectivity index is 1.36. The summed E-state index contributed by atoms with van der Waals surface area (Å²) in [5.41, 5.74) is 3.35. The van der Waals surface area contributed by atoms with E-state index in [4.69, 9.17) is 0 Å². The molecule has 5 aromatic heterocycles. The average Bonchev–Trinajstić information content (AvgIpc) is 3.62. The summed E-state index contributed by atoms with van der Waals surface area (Å²) < 4.78 is 62.2. The normalized spacial score (nSPS) is 12.8. The summed E-state index contributed by atoms with van der Waals surface area (Å²) in [6, 6.07) is 10.3. The zero-order valence-corrected chi connectivity index (χ0v) is 21.6. The van der Waals surface area contributed by atoms with Crippen molar-refractivity contribution in [3.63, 3.8) is 0 Å². The molecule has 1 aromatic carbocycles. The minimum absolute atomic E-state index is 0.0824. The number of fused-ring (bicyclic) bond motifs is 1. The third kappa shape index (κ3) is 4.51. The Morgan fingerprint density at radius 2 is 1.62 bits per heavy atom. The zero-order chi connectivity index (χ0) is 28.2. The third-order valence-corrected chi connectivity index (χ3v) is 6.61. The molecule has 0 aliphatic carbocycles. The summed E-state index contributed by atoms with van der Waals surface area (Å²) in [6.07, 6.45) is 5.47. The molecule has 0 amide bonds. The first kappa shape index (κ1) is 25.4. The Kier molecular flexibility index (Phi) is 5.97. The summed E-state index contributed by atoms with van der Waals surface area (Å²) in [4.78, 5) is 13.3. The van der Waals surface area contributed by atoms with Crippen LogP contribution < -0.4 is 0 Å². The van der Waals surface area contributed by atoms with E-state index in [9.17, 15) is 13.2 Å². The lowest BCUT2D eigenvalue weighted by Crippen LogP contribution is -2.29. The topological polar surface area (TPSA) is 78.7 Å². The Morgan fingerprint density at radius 3 is 2.33 bits per heavy atom. The fourth-order valence-corrected chi connectivity index (χ4v) is 4.73. The Bertz CT molecular complexity index is 1830. The lowest BCUT2D eigenvalue weighted by molar-refractivity contribution is -0.0217. The third-order valence-electron chi connectivity index (χ3n) is 6.61. The van der Waals surface area contributed by atoms with Crippen molar-refractivity contribution in [2.24, 2.45) is 0 Å². The fourth-order valence-electron chi connectivity index (χ4n) is 4.73. The second kappa shape index (κ2) is 9.40. The van der Waals surface area contributed by atoms with Gasteiger partial charge in [-0.15, -0.1) is 5.10 Å². The van der Waals surface area contributed by atoms with Crippen LogP contribution in [0.15, 0.2) is 73.3 Å². The number of hydrogen-bond donors (Lipinski definition) is 0. The van der Waals surface area contributed by atoms with Crippen LogP contribution >= 0.6 is 0 Å². The van der Waals surface area contributed by atoms with Crippen LogP contribution in [0.2, 0.25) is 0 Å². The largest absolute Gasteiger partial charge is 0.286 e. The Morgan fingerprint density at radius 1 is 0.900 bits per heavy atom. The lowest BCUT2D eigenvalue weighted by atomic mass is 10.0. The van der Waals surface area contributed by atoms with Crippen molar-refractivity contribution in [2.75, 3.05) is 0 Å². The number of hydrogen-bond acceptors (Lipinski definition) is 5. The maximum absolute atomic E-state index is 15.2. The molecule has 12 heteroatoms. The molecule has 8 nitrogen and oxygen atoms in total. The predicted octanol–water partition coefficient (Wildman–Crippen LogP) is 5.98. The highest BCUT2D eigenvalue weighted by Crippen LogP contribution is 2.35. The molecule has 0 N–H and O–H groups in total. The summed E-state index contributed by atoms with van der Waals surface area (Å²) in [6.45, 7) is 4.63. The first-order valence-corrected chi connectivity index (χ1v) is 12.3. The molecule has 0 aliphatic heterocycles. The molecule has 0 bridgehead atoms. The van der Waals surface area contributed by atoms with Gasteiger partial charge >= 0.3 is 0 Å². The van der Waals surface area contributed by atoms with Crippen LogP contribution in [0, 0.1) is 25.5 Å². The smallest absolute Gasteiger partial charge is 0.271 e. The molecule has 0 saturated heterocycles. The number of nitrogens with zero attached hydrogens (tertiary/aromatic N) is 8. The van der Waals surface area contributed by atoms with Crippen molar-refractivity contribution in [2.45, 2.75) is 32.7 Å². The van der Waals surface area contributed by atoms with Crippen molar-refractivity contribution in [3.05, 3.63) is 102 Å². The molecule has 5 heterocycles. The van der Waals surface area contributed by atoms with Crippen LogP contribution in [-0.4, -0.2) is 44.8 Å². The van der Waals surface area contributed by atoms with Crippen molar-refractivity contribution in [3.8, 4) is 28.6 Å². The van der Waals surface area contributed by atoms with E-state index < -0.39 is 23.6 Å². The molecule has 0 unspecified atom stereocenters. The van der Waals surface area contributed by atoms with E-state index in [-0.39, 0.29) is 17.0 Å². The van der Waals surface area contributed by atoms with Crippen LogP contribution in [0.5, 0.6) is 0 Å². The van der Waals surface area contributed by atoms with Gasteiger partial charge in [-0.2, -0.15) is 10.1 Å². The summed E-state index contributed by atoms with van der Waals surface area (Å²) in [5.74, 6) is -3.86. The van der Waals surface area contributed by atoms with E-state index in [1.54, 1.807) is 6.07 Å². The maximum Gasteiger partial charge on any atom is 0.271 e. The molecule has 202 valence electrons. The molecule has 0 fully saturated rings. The number of aromatic nitrogens is 8. The maximum atomic E-state index is 15.2. The van der Waals surface area contributed by atoms with Gasteiger partial charge in [0.15, 0.2) is 17.3 Å². The molecule has 0 aliphatic rings. The van der Waals surface area contributed by atoms with E-state index >= 15 is 4.39 Å². The van der Waals surface area contributed by atoms with E-state index in [1.165, 1.54) is 47.5 Å². The SMILES string of the molecule is Cc1ccc(C)n1-c1nc2cc(-c3nccc(-c4cnn([C@H](c5ccc(F)cc5)C(C)(F)F)c4)n3)c(F)cn2n1. The lowest BCUT2D eigenvalue weighted by Gasteiger charge is -2.24. The van der Waals surface area contributed by atoms with Gasteiger partial charge in [0.25, 0.3) is 11.9 Å². The van der Waals surface area contributed by atoms with Gasteiger partial charge in [-0.3, -0.25) is 9.25 Å². The highest BCUT2D eigenvalue weighted by molar-refractivity contribution is 5.65. The summed E-state index contributed by atoms with van der Waals surface area (Å²) in [5, 5.41) is 8.55. The van der Waals surface area contributed by atoms with E-state index in [1.807, 2.05) is 30.5 Å². The van der Waals surface area contributed by atoms with Crippen LogP contribution in [0.4, 0.5) is 17.6 Å². The minimum atomic E-state index is -3.20. The van der Waals surface area contributed by atoms with Gasteiger partial charge in [0, 0.05) is 36.3 Å². The van der Waals surface area contributed by atoms with Gasteiger partial charge in [0.1, 0.15) is 11.9 Å². The quantitative estimate of drug-likeness (QED) is 0.240. The molecular weight excluding hydrogens is 524 g/mol. The Hall–Kier alpha value is -4.87. The zero-order valence-electron chi connectivity index (χ0n) is 21.6.